The molecule has 0 saturated carbocycles. The molecule has 0 aliphatic carbocycles. The van der Waals surface area contributed by atoms with Gasteiger partial charge in [-0.25, -0.2) is 4.79 Å². The summed E-state index contributed by atoms with van der Waals surface area (Å²) in [6, 6.07) is 6.83. The quantitative estimate of drug-likeness (QED) is 0.418. The summed E-state index contributed by atoms with van der Waals surface area (Å²) in [4.78, 5) is 39.8. The van der Waals surface area contributed by atoms with E-state index < -0.39 is 35.6 Å². The fourth-order valence-electron chi connectivity index (χ4n) is 2.92. The smallest absolute Gasteiger partial charge is 0.408 e. The lowest BCUT2D eigenvalue weighted by atomic mass is 9.98. The van der Waals surface area contributed by atoms with Crippen LogP contribution in [0.15, 0.2) is 24.3 Å². The zero-order chi connectivity index (χ0) is 23.8. The number of nitrogens with zero attached hydrogens (tertiary/aromatic N) is 2. The van der Waals surface area contributed by atoms with E-state index in [2.05, 4.69) is 23.3 Å². The second-order valence-electron chi connectivity index (χ2n) is 8.43. The maximum Gasteiger partial charge on any atom is 0.408 e. The second-order valence-corrected chi connectivity index (χ2v) is 8.79. The summed E-state index contributed by atoms with van der Waals surface area (Å²) in [5, 5.41) is 14.7. The lowest BCUT2D eigenvalue weighted by Crippen LogP contribution is -2.54. The van der Waals surface area contributed by atoms with Crippen LogP contribution in [0.1, 0.15) is 51.8 Å². The third kappa shape index (κ3) is 8.13. The first-order chi connectivity index (χ1) is 14.4. The first-order valence-corrected chi connectivity index (χ1v) is 10.7. The van der Waals surface area contributed by atoms with Crippen LogP contribution in [0.4, 0.5) is 4.79 Å². The van der Waals surface area contributed by atoms with E-state index in [0.717, 1.165) is 10.5 Å². The van der Waals surface area contributed by atoms with Crippen molar-refractivity contribution in [1.29, 1.82) is 5.26 Å². The average molecular weight is 449 g/mol. The third-order valence-corrected chi connectivity index (χ3v) is 4.53. The van der Waals surface area contributed by atoms with Gasteiger partial charge in [0.1, 0.15) is 24.2 Å². The molecule has 2 atom stereocenters. The molecule has 8 nitrogen and oxygen atoms in total. The number of carbonyl (C=O) groups is 3. The largest absolute Gasteiger partial charge is 0.444 e. The number of ether oxygens (including phenoxy) is 1. The summed E-state index contributed by atoms with van der Waals surface area (Å²) in [6.07, 6.45) is -0.782. The maximum absolute atomic E-state index is 13.4. The van der Waals surface area contributed by atoms with Gasteiger partial charge in [0.25, 0.3) is 0 Å². The van der Waals surface area contributed by atoms with E-state index in [9.17, 15) is 19.6 Å². The molecular formula is C22H32N4O4S. The number of rotatable bonds is 8. The Morgan fingerprint density at radius 2 is 1.81 bits per heavy atom. The normalized spacial score (nSPS) is 13.0. The number of carbonyl (C=O) groups excluding carboxylic acids is 3. The Morgan fingerprint density at radius 3 is 2.29 bits per heavy atom. The van der Waals surface area contributed by atoms with Gasteiger partial charge in [0.05, 0.1) is 6.07 Å². The van der Waals surface area contributed by atoms with E-state index in [0.29, 0.717) is 5.56 Å². The Bertz CT molecular complexity index is 830. The highest BCUT2D eigenvalue weighted by Gasteiger charge is 2.36. The molecule has 0 aliphatic heterocycles. The number of alkyl carbamates (subject to hydrolysis) is 1. The number of hydrogen-bond acceptors (Lipinski definition) is 6. The SMILES string of the molecule is Cc1ccccc1C(C(=O)NC(C)C)N(CC#N)C(=O)C(CS)NC(=O)OC(C)(C)C. The van der Waals surface area contributed by atoms with Gasteiger partial charge in [0.2, 0.25) is 11.8 Å². The summed E-state index contributed by atoms with van der Waals surface area (Å²) in [5.41, 5.74) is 0.644. The number of aryl methyl sites for hydroxylation is 1. The number of hydrogen-bond donors (Lipinski definition) is 3. The Hall–Kier alpha value is -2.73. The van der Waals surface area contributed by atoms with Crippen molar-refractivity contribution in [3.05, 3.63) is 35.4 Å². The van der Waals surface area contributed by atoms with Gasteiger partial charge in [-0.2, -0.15) is 17.9 Å². The first-order valence-electron chi connectivity index (χ1n) is 10.0. The fraction of sp³-hybridized carbons (Fsp3) is 0.545. The van der Waals surface area contributed by atoms with Gasteiger partial charge in [-0.1, -0.05) is 24.3 Å². The molecule has 1 rings (SSSR count). The van der Waals surface area contributed by atoms with Crippen molar-refractivity contribution < 1.29 is 19.1 Å². The molecule has 1 aromatic rings. The van der Waals surface area contributed by atoms with Crippen LogP contribution >= 0.6 is 12.6 Å². The Morgan fingerprint density at radius 1 is 1.19 bits per heavy atom. The second kappa shape index (κ2) is 11.6. The fourth-order valence-corrected chi connectivity index (χ4v) is 3.16. The molecule has 0 spiro atoms. The summed E-state index contributed by atoms with van der Waals surface area (Å²) in [7, 11) is 0. The number of amides is 3. The summed E-state index contributed by atoms with van der Waals surface area (Å²) in [5.74, 6) is -1.05. The van der Waals surface area contributed by atoms with Crippen LogP contribution in [0.2, 0.25) is 0 Å². The molecular weight excluding hydrogens is 416 g/mol. The lowest BCUT2D eigenvalue weighted by molar-refractivity contribution is -0.141. The van der Waals surface area contributed by atoms with E-state index in [4.69, 9.17) is 4.74 Å². The highest BCUT2D eigenvalue weighted by molar-refractivity contribution is 7.80. The van der Waals surface area contributed by atoms with Crippen LogP contribution < -0.4 is 10.6 Å². The van der Waals surface area contributed by atoms with Crippen LogP contribution in [-0.2, 0) is 14.3 Å². The predicted molar refractivity (Wildman–Crippen MR) is 122 cm³/mol. The zero-order valence-corrected chi connectivity index (χ0v) is 19.8. The topological polar surface area (TPSA) is 112 Å². The molecule has 3 amide bonds. The van der Waals surface area contributed by atoms with Crippen LogP contribution in [0, 0.1) is 18.3 Å². The zero-order valence-electron chi connectivity index (χ0n) is 18.9. The first kappa shape index (κ1) is 26.3. The van der Waals surface area contributed by atoms with Crippen molar-refractivity contribution in [2.45, 2.75) is 65.3 Å². The van der Waals surface area contributed by atoms with Crippen LogP contribution in [0.25, 0.3) is 0 Å². The number of nitriles is 1. The van der Waals surface area contributed by atoms with Crippen LogP contribution in [-0.4, -0.2) is 52.8 Å². The molecule has 31 heavy (non-hydrogen) atoms. The van der Waals surface area contributed by atoms with E-state index in [-0.39, 0.29) is 18.3 Å². The molecule has 1 aromatic carbocycles. The third-order valence-electron chi connectivity index (χ3n) is 4.17. The number of benzene rings is 1. The predicted octanol–water partition coefficient (Wildman–Crippen LogP) is 2.74. The number of thiol groups is 1. The van der Waals surface area contributed by atoms with E-state index in [1.54, 1.807) is 32.9 Å². The molecule has 0 heterocycles. The molecule has 0 bridgehead atoms. The Kier molecular flexibility index (Phi) is 9.85. The molecule has 0 radical (unpaired) electrons. The van der Waals surface area contributed by atoms with Gasteiger partial charge in [0.15, 0.2) is 0 Å². The van der Waals surface area contributed by atoms with Crippen molar-refractivity contribution in [3.63, 3.8) is 0 Å². The van der Waals surface area contributed by atoms with Crippen molar-refractivity contribution in [1.82, 2.24) is 15.5 Å². The van der Waals surface area contributed by atoms with E-state index in [1.165, 1.54) is 0 Å². The lowest BCUT2D eigenvalue weighted by Gasteiger charge is -2.33. The van der Waals surface area contributed by atoms with E-state index >= 15 is 0 Å². The molecule has 0 saturated heterocycles. The van der Waals surface area contributed by atoms with Gasteiger partial charge in [-0.15, -0.1) is 0 Å². The Labute approximate surface area is 189 Å². The van der Waals surface area contributed by atoms with Crippen molar-refractivity contribution in [2.75, 3.05) is 12.3 Å². The minimum atomic E-state index is -1.08. The van der Waals surface area contributed by atoms with Gasteiger partial charge >= 0.3 is 6.09 Å². The summed E-state index contributed by atoms with van der Waals surface area (Å²) < 4.78 is 5.23. The Balaban J connectivity index is 3.34. The minimum absolute atomic E-state index is 0.0354. The van der Waals surface area contributed by atoms with Gasteiger partial charge < -0.3 is 20.3 Å². The summed E-state index contributed by atoms with van der Waals surface area (Å²) in [6.45, 7) is 10.2. The average Bonchev–Trinajstić information content (AvgIpc) is 2.64. The standard InChI is InChI=1S/C22H32N4O4S/c1-14(2)24-19(27)18(16-10-8-7-9-15(16)3)26(12-11-23)20(28)17(13-31)25-21(29)30-22(4,5)6/h7-10,14,17-18,31H,12-13H2,1-6H3,(H,24,27)(H,25,29). The van der Waals surface area contributed by atoms with Crippen molar-refractivity contribution >= 4 is 30.5 Å². The van der Waals surface area contributed by atoms with Gasteiger partial charge in [-0.3, -0.25) is 9.59 Å². The molecule has 9 heteroatoms. The molecule has 2 unspecified atom stereocenters. The molecule has 170 valence electrons. The maximum atomic E-state index is 13.4. The molecule has 0 aromatic heterocycles. The van der Waals surface area contributed by atoms with Gasteiger partial charge in [-0.05, 0) is 52.7 Å². The van der Waals surface area contributed by atoms with Gasteiger partial charge in [0, 0.05) is 11.8 Å². The van der Waals surface area contributed by atoms with Crippen molar-refractivity contribution in [3.8, 4) is 6.07 Å². The van der Waals surface area contributed by atoms with Crippen LogP contribution in [0.5, 0.6) is 0 Å². The van der Waals surface area contributed by atoms with Crippen LogP contribution in [0.3, 0.4) is 0 Å². The highest BCUT2D eigenvalue weighted by atomic mass is 32.1. The van der Waals surface area contributed by atoms with Crippen molar-refractivity contribution in [2.24, 2.45) is 0 Å². The number of nitrogens with one attached hydrogen (secondary N) is 2. The highest BCUT2D eigenvalue weighted by Crippen LogP contribution is 2.25. The molecule has 0 aliphatic rings. The summed E-state index contributed by atoms with van der Waals surface area (Å²) >= 11 is 4.19. The van der Waals surface area contributed by atoms with E-state index in [1.807, 2.05) is 39.0 Å². The minimum Gasteiger partial charge on any atom is -0.444 e. The monoisotopic (exact) mass is 448 g/mol. The molecule has 2 N–H and O–H groups in total. The molecule has 0 fully saturated rings.